The molecule has 2 heterocycles. The fourth-order valence-corrected chi connectivity index (χ4v) is 2.85. The molecular formula is C16H21N5. The van der Waals surface area contributed by atoms with Crippen LogP contribution in [0.1, 0.15) is 37.9 Å². The molecule has 110 valence electrons. The van der Waals surface area contributed by atoms with Gasteiger partial charge in [0.25, 0.3) is 0 Å². The molecule has 0 bridgehead atoms. The minimum atomic E-state index is 0.414. The number of hydrogen-bond donors (Lipinski definition) is 1. The van der Waals surface area contributed by atoms with Crippen molar-refractivity contribution in [3.05, 3.63) is 35.5 Å². The Hall–Kier alpha value is -2.30. The van der Waals surface area contributed by atoms with Crippen molar-refractivity contribution in [1.82, 2.24) is 19.3 Å². The van der Waals surface area contributed by atoms with Gasteiger partial charge in [0.05, 0.1) is 11.4 Å². The number of hydrogen-bond acceptors (Lipinski definition) is 3. The standard InChI is InChI=1S/C16H21N5/c1-5-12-14-15(20(4)19-12)21(16(17)18-14)13-9-7-6-8-11(13)10(2)3/h6-10H,5H2,1-4H3,(H2,17,18). The molecule has 2 aromatic heterocycles. The van der Waals surface area contributed by atoms with E-state index >= 15 is 0 Å². The molecule has 0 radical (unpaired) electrons. The quantitative estimate of drug-likeness (QED) is 0.803. The molecule has 1 aromatic carbocycles. The molecule has 3 aromatic rings. The van der Waals surface area contributed by atoms with Crippen molar-refractivity contribution in [2.24, 2.45) is 7.05 Å². The van der Waals surface area contributed by atoms with Crippen LogP contribution in [0.3, 0.4) is 0 Å². The van der Waals surface area contributed by atoms with Crippen LogP contribution in [0.5, 0.6) is 0 Å². The third-order valence-electron chi connectivity index (χ3n) is 3.86. The summed E-state index contributed by atoms with van der Waals surface area (Å²) in [6, 6.07) is 8.32. The average molecular weight is 283 g/mol. The number of fused-ring (bicyclic) bond motifs is 1. The second-order valence-corrected chi connectivity index (χ2v) is 5.61. The van der Waals surface area contributed by atoms with Crippen molar-refractivity contribution < 1.29 is 0 Å². The minimum Gasteiger partial charge on any atom is -0.369 e. The Balaban J connectivity index is 2.36. The lowest BCUT2D eigenvalue weighted by molar-refractivity contribution is 0.748. The van der Waals surface area contributed by atoms with Gasteiger partial charge in [0.15, 0.2) is 5.65 Å². The lowest BCUT2D eigenvalue weighted by Gasteiger charge is -2.15. The van der Waals surface area contributed by atoms with E-state index in [1.165, 1.54) is 5.56 Å². The van der Waals surface area contributed by atoms with Gasteiger partial charge in [-0.3, -0.25) is 4.57 Å². The maximum Gasteiger partial charge on any atom is 0.207 e. The summed E-state index contributed by atoms with van der Waals surface area (Å²) in [5.74, 6) is 0.928. The molecule has 21 heavy (non-hydrogen) atoms. The van der Waals surface area contributed by atoms with Crippen LogP contribution >= 0.6 is 0 Å². The van der Waals surface area contributed by atoms with Gasteiger partial charge in [-0.2, -0.15) is 5.10 Å². The molecule has 0 spiro atoms. The molecule has 0 aliphatic heterocycles. The van der Waals surface area contributed by atoms with E-state index in [1.54, 1.807) is 0 Å². The number of nitrogen functional groups attached to an aromatic ring is 1. The summed E-state index contributed by atoms with van der Waals surface area (Å²) >= 11 is 0. The van der Waals surface area contributed by atoms with E-state index in [-0.39, 0.29) is 0 Å². The lowest BCUT2D eigenvalue weighted by atomic mass is 10.0. The predicted octanol–water partition coefficient (Wildman–Crippen LogP) is 3.03. The molecule has 5 heteroatoms. The molecule has 0 unspecified atom stereocenters. The molecule has 0 amide bonds. The second kappa shape index (κ2) is 4.91. The number of benzene rings is 1. The molecule has 3 rings (SSSR count). The summed E-state index contributed by atoms with van der Waals surface area (Å²) in [5, 5.41) is 4.55. The maximum atomic E-state index is 6.20. The zero-order valence-corrected chi connectivity index (χ0v) is 13.0. The number of imidazole rings is 1. The van der Waals surface area contributed by atoms with Gasteiger partial charge in [-0.1, -0.05) is 39.0 Å². The number of nitrogens with two attached hydrogens (primary N) is 1. The first-order valence-corrected chi connectivity index (χ1v) is 7.33. The van der Waals surface area contributed by atoms with Crippen LogP contribution in [0.4, 0.5) is 5.95 Å². The number of para-hydroxylation sites is 1. The Morgan fingerprint density at radius 1 is 1.24 bits per heavy atom. The van der Waals surface area contributed by atoms with Gasteiger partial charge >= 0.3 is 0 Å². The highest BCUT2D eigenvalue weighted by Crippen LogP contribution is 2.30. The summed E-state index contributed by atoms with van der Waals surface area (Å²) in [6.45, 7) is 6.45. The van der Waals surface area contributed by atoms with Crippen LogP contribution in [0.25, 0.3) is 16.9 Å². The summed E-state index contributed by atoms with van der Waals surface area (Å²) in [6.07, 6.45) is 0.847. The van der Waals surface area contributed by atoms with Crippen LogP contribution in [0.15, 0.2) is 24.3 Å². The van der Waals surface area contributed by atoms with Crippen molar-refractivity contribution in [3.63, 3.8) is 0 Å². The Kier molecular flexibility index (Phi) is 3.20. The summed E-state index contributed by atoms with van der Waals surface area (Å²) in [5.41, 5.74) is 11.4. The van der Waals surface area contributed by atoms with E-state index in [2.05, 4.69) is 49.1 Å². The lowest BCUT2D eigenvalue weighted by Crippen LogP contribution is -2.08. The number of rotatable bonds is 3. The fraction of sp³-hybridized carbons (Fsp3) is 0.375. The van der Waals surface area contributed by atoms with Crippen LogP contribution in [0.2, 0.25) is 0 Å². The summed E-state index contributed by atoms with van der Waals surface area (Å²) < 4.78 is 3.88. The molecule has 0 aliphatic rings. The monoisotopic (exact) mass is 283 g/mol. The van der Waals surface area contributed by atoms with E-state index in [4.69, 9.17) is 5.73 Å². The number of nitrogens with zero attached hydrogens (tertiary/aromatic N) is 4. The van der Waals surface area contributed by atoms with E-state index < -0.39 is 0 Å². The van der Waals surface area contributed by atoms with Gasteiger partial charge in [0, 0.05) is 7.05 Å². The maximum absolute atomic E-state index is 6.20. The highest BCUT2D eigenvalue weighted by Gasteiger charge is 2.20. The molecule has 0 saturated heterocycles. The van der Waals surface area contributed by atoms with Gasteiger partial charge < -0.3 is 5.73 Å². The molecule has 5 nitrogen and oxygen atoms in total. The zero-order chi connectivity index (χ0) is 15.1. The summed E-state index contributed by atoms with van der Waals surface area (Å²) in [7, 11) is 1.94. The molecule has 0 saturated carbocycles. The molecular weight excluding hydrogens is 262 g/mol. The average Bonchev–Trinajstić information content (AvgIpc) is 2.95. The third kappa shape index (κ3) is 2.00. The van der Waals surface area contributed by atoms with Gasteiger partial charge in [-0.25, -0.2) is 9.67 Å². The number of anilines is 1. The first kappa shape index (κ1) is 13.7. The highest BCUT2D eigenvalue weighted by atomic mass is 15.3. The van der Waals surface area contributed by atoms with Crippen molar-refractivity contribution in [3.8, 4) is 5.69 Å². The Bertz CT molecular complexity index is 794. The van der Waals surface area contributed by atoms with Gasteiger partial charge in [0.2, 0.25) is 5.95 Å². The molecule has 0 atom stereocenters. The zero-order valence-electron chi connectivity index (χ0n) is 13.0. The van der Waals surface area contributed by atoms with E-state index in [1.807, 2.05) is 22.4 Å². The van der Waals surface area contributed by atoms with Gasteiger partial charge in [-0.05, 0) is 24.0 Å². The Morgan fingerprint density at radius 3 is 2.62 bits per heavy atom. The molecule has 2 N–H and O–H groups in total. The first-order valence-electron chi connectivity index (χ1n) is 7.33. The normalized spacial score (nSPS) is 11.7. The second-order valence-electron chi connectivity index (χ2n) is 5.61. The smallest absolute Gasteiger partial charge is 0.207 e. The topological polar surface area (TPSA) is 61.7 Å². The number of aromatic nitrogens is 4. The SMILES string of the molecule is CCc1nn(C)c2c1nc(N)n2-c1ccccc1C(C)C. The van der Waals surface area contributed by atoms with Crippen LogP contribution in [-0.4, -0.2) is 19.3 Å². The minimum absolute atomic E-state index is 0.414. The summed E-state index contributed by atoms with van der Waals surface area (Å²) in [4.78, 5) is 4.54. The molecule has 0 fully saturated rings. The largest absolute Gasteiger partial charge is 0.369 e. The predicted molar refractivity (Wildman–Crippen MR) is 85.7 cm³/mol. The van der Waals surface area contributed by atoms with Crippen molar-refractivity contribution in [2.45, 2.75) is 33.1 Å². The van der Waals surface area contributed by atoms with Crippen molar-refractivity contribution in [1.29, 1.82) is 0 Å². The van der Waals surface area contributed by atoms with E-state index in [9.17, 15) is 0 Å². The Labute approximate surface area is 124 Å². The van der Waals surface area contributed by atoms with E-state index in [0.29, 0.717) is 11.9 Å². The first-order chi connectivity index (χ1) is 10.0. The Morgan fingerprint density at radius 2 is 1.95 bits per heavy atom. The van der Waals surface area contributed by atoms with E-state index in [0.717, 1.165) is 29.0 Å². The third-order valence-corrected chi connectivity index (χ3v) is 3.86. The number of aryl methyl sites for hydroxylation is 2. The fourth-order valence-electron chi connectivity index (χ4n) is 2.85. The highest BCUT2D eigenvalue weighted by molar-refractivity contribution is 5.80. The van der Waals surface area contributed by atoms with Crippen LogP contribution in [-0.2, 0) is 13.5 Å². The van der Waals surface area contributed by atoms with Gasteiger partial charge in [0.1, 0.15) is 5.52 Å². The molecule has 0 aliphatic carbocycles. The van der Waals surface area contributed by atoms with Crippen LogP contribution in [0, 0.1) is 0 Å². The van der Waals surface area contributed by atoms with Crippen molar-refractivity contribution >= 4 is 17.1 Å². The van der Waals surface area contributed by atoms with Gasteiger partial charge in [-0.15, -0.1) is 0 Å². The van der Waals surface area contributed by atoms with Crippen LogP contribution < -0.4 is 5.73 Å². The van der Waals surface area contributed by atoms with Crippen molar-refractivity contribution in [2.75, 3.05) is 5.73 Å².